The van der Waals surface area contributed by atoms with E-state index in [9.17, 15) is 14.4 Å². The molecule has 1 aliphatic carbocycles. The lowest BCUT2D eigenvalue weighted by molar-refractivity contribution is 0.0695. The van der Waals surface area contributed by atoms with Crippen LogP contribution in [0.3, 0.4) is 0 Å². The third-order valence-electron chi connectivity index (χ3n) is 2.55. The molecule has 2 rings (SSSR count). The van der Waals surface area contributed by atoms with Crippen LogP contribution in [0.25, 0.3) is 0 Å². The molecule has 6 heteroatoms. The van der Waals surface area contributed by atoms with Crippen LogP contribution in [0.4, 0.5) is 0 Å². The average molecular weight is 286 g/mol. The van der Waals surface area contributed by atoms with Crippen molar-refractivity contribution in [3.63, 3.8) is 0 Å². The van der Waals surface area contributed by atoms with Crippen molar-refractivity contribution in [1.29, 1.82) is 0 Å². The fourth-order valence-electron chi connectivity index (χ4n) is 1.72. The summed E-state index contributed by atoms with van der Waals surface area (Å²) in [5.41, 5.74) is -0.235. The normalized spacial score (nSPS) is 19.3. The summed E-state index contributed by atoms with van der Waals surface area (Å²) in [4.78, 5) is 36.0. The van der Waals surface area contributed by atoms with Crippen molar-refractivity contribution in [2.45, 2.75) is 17.7 Å². The van der Waals surface area contributed by atoms with E-state index in [2.05, 4.69) is 20.9 Å². The Balaban J connectivity index is 2.63. The second-order valence-corrected chi connectivity index (χ2v) is 4.69. The third-order valence-corrected chi connectivity index (χ3v) is 3.42. The Labute approximate surface area is 98.6 Å². The van der Waals surface area contributed by atoms with Gasteiger partial charge in [0.15, 0.2) is 5.78 Å². The first-order valence-corrected chi connectivity index (χ1v) is 5.60. The summed E-state index contributed by atoms with van der Waals surface area (Å²) in [5, 5.41) is 8.78. The number of nitrogens with one attached hydrogen (secondary N) is 1. The van der Waals surface area contributed by atoms with Gasteiger partial charge in [-0.05, 0) is 18.9 Å². The lowest BCUT2D eigenvalue weighted by Crippen LogP contribution is -2.29. The smallest absolute Gasteiger partial charge is 0.341 e. The molecule has 1 aliphatic rings. The molecular formula is C10H8BrNO4. The summed E-state index contributed by atoms with van der Waals surface area (Å²) in [6.45, 7) is 0. The molecule has 5 nitrogen and oxygen atoms in total. The number of carbonyl (C=O) groups is 2. The summed E-state index contributed by atoms with van der Waals surface area (Å²) in [5.74, 6) is -1.51. The molecule has 0 bridgehead atoms. The van der Waals surface area contributed by atoms with E-state index in [4.69, 9.17) is 5.11 Å². The van der Waals surface area contributed by atoms with Gasteiger partial charge in [0.2, 0.25) is 0 Å². The van der Waals surface area contributed by atoms with Gasteiger partial charge in [0.1, 0.15) is 5.56 Å². The van der Waals surface area contributed by atoms with Crippen LogP contribution in [0.5, 0.6) is 0 Å². The standard InChI is InChI=1S/C10H8BrNO4/c11-6-1-2-7-4(8(6)13)3-5(10(15)16)9(14)12-7/h3,6H,1-2H2,(H,12,14)(H,15,16). The maximum atomic E-state index is 11.7. The van der Waals surface area contributed by atoms with Crippen LogP contribution >= 0.6 is 15.9 Å². The van der Waals surface area contributed by atoms with Gasteiger partial charge in [-0.2, -0.15) is 0 Å². The van der Waals surface area contributed by atoms with Crippen molar-refractivity contribution >= 4 is 27.7 Å². The van der Waals surface area contributed by atoms with Crippen LogP contribution in [0.1, 0.15) is 32.8 Å². The number of alkyl halides is 1. The van der Waals surface area contributed by atoms with Crippen LogP contribution in [-0.2, 0) is 6.42 Å². The zero-order valence-electron chi connectivity index (χ0n) is 8.12. The molecule has 0 fully saturated rings. The van der Waals surface area contributed by atoms with Crippen molar-refractivity contribution in [3.05, 3.63) is 33.2 Å². The highest BCUT2D eigenvalue weighted by Gasteiger charge is 2.27. The number of ketones is 1. The lowest BCUT2D eigenvalue weighted by Gasteiger charge is -2.18. The highest BCUT2D eigenvalue weighted by atomic mass is 79.9. The largest absolute Gasteiger partial charge is 0.477 e. The van der Waals surface area contributed by atoms with Crippen LogP contribution in [-0.4, -0.2) is 26.7 Å². The maximum absolute atomic E-state index is 11.7. The number of hydrogen-bond acceptors (Lipinski definition) is 3. The second kappa shape index (κ2) is 3.86. The number of fused-ring (bicyclic) bond motifs is 1. The summed E-state index contributed by atoms with van der Waals surface area (Å²) in [7, 11) is 0. The van der Waals surface area contributed by atoms with Gasteiger partial charge in [-0.25, -0.2) is 4.79 Å². The molecule has 1 heterocycles. The highest BCUT2D eigenvalue weighted by molar-refractivity contribution is 9.10. The Morgan fingerprint density at radius 2 is 2.19 bits per heavy atom. The zero-order chi connectivity index (χ0) is 11.9. The molecule has 1 atom stereocenters. The third kappa shape index (κ3) is 1.69. The Hall–Kier alpha value is -1.43. The van der Waals surface area contributed by atoms with Gasteiger partial charge in [-0.15, -0.1) is 0 Å². The van der Waals surface area contributed by atoms with Crippen molar-refractivity contribution < 1.29 is 14.7 Å². The predicted molar refractivity (Wildman–Crippen MR) is 59.4 cm³/mol. The molecule has 16 heavy (non-hydrogen) atoms. The fraction of sp³-hybridized carbons (Fsp3) is 0.300. The zero-order valence-corrected chi connectivity index (χ0v) is 9.70. The first kappa shape index (κ1) is 11.1. The van der Waals surface area contributed by atoms with Crippen LogP contribution in [0, 0.1) is 0 Å². The molecule has 0 saturated heterocycles. The van der Waals surface area contributed by atoms with Gasteiger partial charge in [0.25, 0.3) is 5.56 Å². The minimum absolute atomic E-state index is 0.181. The number of pyridine rings is 1. The molecule has 0 aliphatic heterocycles. The maximum Gasteiger partial charge on any atom is 0.341 e. The number of aryl methyl sites for hydroxylation is 1. The average Bonchev–Trinajstić information content (AvgIpc) is 2.23. The molecule has 1 unspecified atom stereocenters. The molecule has 1 aromatic heterocycles. The fourth-order valence-corrected chi connectivity index (χ4v) is 2.19. The molecule has 1 aromatic rings. The predicted octanol–water partition coefficient (Wildman–Crippen LogP) is 0.966. The quantitative estimate of drug-likeness (QED) is 0.753. The van der Waals surface area contributed by atoms with E-state index in [1.165, 1.54) is 0 Å². The van der Waals surface area contributed by atoms with E-state index < -0.39 is 17.1 Å². The SMILES string of the molecule is O=C(O)c1cc2c([nH]c1=O)CCC(Br)C2=O. The van der Waals surface area contributed by atoms with Gasteiger partial charge >= 0.3 is 5.97 Å². The molecular weight excluding hydrogens is 278 g/mol. The number of hydrogen-bond donors (Lipinski definition) is 2. The van der Waals surface area contributed by atoms with Crippen LogP contribution in [0.2, 0.25) is 0 Å². The number of halogens is 1. The van der Waals surface area contributed by atoms with E-state index in [0.717, 1.165) is 6.07 Å². The Kier molecular flexibility index (Phi) is 2.67. The molecule has 0 spiro atoms. The number of aromatic carboxylic acids is 1. The van der Waals surface area contributed by atoms with E-state index >= 15 is 0 Å². The molecule has 84 valence electrons. The van der Waals surface area contributed by atoms with E-state index in [1.54, 1.807) is 0 Å². The minimum atomic E-state index is -1.33. The summed E-state index contributed by atoms with van der Waals surface area (Å²) in [6, 6.07) is 1.16. The topological polar surface area (TPSA) is 87.2 Å². The van der Waals surface area contributed by atoms with Crippen LogP contribution < -0.4 is 5.56 Å². The molecule has 0 aromatic carbocycles. The van der Waals surface area contributed by atoms with E-state index in [-0.39, 0.29) is 10.6 Å². The summed E-state index contributed by atoms with van der Waals surface area (Å²) < 4.78 is 0. The summed E-state index contributed by atoms with van der Waals surface area (Å²) in [6.07, 6.45) is 1.17. The lowest BCUT2D eigenvalue weighted by atomic mass is 9.93. The molecule has 0 amide bonds. The number of carboxylic acids is 1. The van der Waals surface area contributed by atoms with Gasteiger partial charge in [-0.3, -0.25) is 9.59 Å². The van der Waals surface area contributed by atoms with Crippen molar-refractivity contribution in [2.75, 3.05) is 0 Å². The number of aromatic amines is 1. The molecule has 0 saturated carbocycles. The van der Waals surface area contributed by atoms with Crippen molar-refractivity contribution in [2.24, 2.45) is 0 Å². The number of aromatic nitrogens is 1. The number of carboxylic acid groups (broad SMARTS) is 1. The van der Waals surface area contributed by atoms with Gasteiger partial charge in [0.05, 0.1) is 4.83 Å². The van der Waals surface area contributed by atoms with Crippen LogP contribution in [0.15, 0.2) is 10.9 Å². The Bertz CT molecular complexity index is 534. The Morgan fingerprint density at radius 1 is 1.50 bits per heavy atom. The van der Waals surface area contributed by atoms with E-state index in [1.807, 2.05) is 0 Å². The molecule has 0 radical (unpaired) electrons. The van der Waals surface area contributed by atoms with Gasteiger partial charge in [-0.1, -0.05) is 15.9 Å². The number of H-pyrrole nitrogens is 1. The van der Waals surface area contributed by atoms with Crippen molar-refractivity contribution in [1.82, 2.24) is 4.98 Å². The second-order valence-electron chi connectivity index (χ2n) is 3.58. The van der Waals surface area contributed by atoms with Gasteiger partial charge < -0.3 is 10.1 Å². The number of rotatable bonds is 1. The number of Topliss-reactive ketones (excluding diaryl/α,β-unsaturated/α-hetero) is 1. The minimum Gasteiger partial charge on any atom is -0.477 e. The highest BCUT2D eigenvalue weighted by Crippen LogP contribution is 2.23. The van der Waals surface area contributed by atoms with E-state index in [0.29, 0.717) is 24.1 Å². The monoisotopic (exact) mass is 285 g/mol. The van der Waals surface area contributed by atoms with Crippen molar-refractivity contribution in [3.8, 4) is 0 Å². The molecule has 2 N–H and O–H groups in total. The first-order chi connectivity index (χ1) is 7.50. The Morgan fingerprint density at radius 3 is 2.81 bits per heavy atom. The van der Waals surface area contributed by atoms with Gasteiger partial charge in [0, 0.05) is 11.3 Å². The summed E-state index contributed by atoms with van der Waals surface area (Å²) >= 11 is 3.21. The number of carbonyl (C=O) groups excluding carboxylic acids is 1. The first-order valence-electron chi connectivity index (χ1n) is 4.68.